The van der Waals surface area contributed by atoms with Gasteiger partial charge in [-0.1, -0.05) is 48.5 Å². The van der Waals surface area contributed by atoms with Crippen molar-refractivity contribution >= 4 is 11.9 Å². The lowest BCUT2D eigenvalue weighted by molar-refractivity contribution is -0.134. The van der Waals surface area contributed by atoms with Crippen LogP contribution in [0.5, 0.6) is 0 Å². The number of hydrogen-bond acceptors (Lipinski definition) is 4. The number of carbonyl (C=O) groups excluding carboxylic acids is 1. The van der Waals surface area contributed by atoms with E-state index >= 15 is 0 Å². The van der Waals surface area contributed by atoms with Crippen LogP contribution in [0.1, 0.15) is 24.0 Å². The minimum absolute atomic E-state index is 0.137. The molecule has 27 heavy (non-hydrogen) atoms. The molecule has 1 amide bonds. The summed E-state index contributed by atoms with van der Waals surface area (Å²) in [5, 5.41) is 2.72. The molecule has 2 aliphatic heterocycles. The summed E-state index contributed by atoms with van der Waals surface area (Å²) in [6.45, 7) is 2.57. The average Bonchev–Trinajstić information content (AvgIpc) is 2.99. The van der Waals surface area contributed by atoms with Gasteiger partial charge in [-0.15, -0.1) is 0 Å². The Kier molecular flexibility index (Phi) is 4.90. The lowest BCUT2D eigenvalue weighted by atomic mass is 9.90. The predicted octanol–water partition coefficient (Wildman–Crippen LogP) is 2.86. The van der Waals surface area contributed by atoms with Crippen molar-refractivity contribution in [2.75, 3.05) is 13.1 Å². The molecule has 2 aromatic carbocycles. The van der Waals surface area contributed by atoms with Crippen molar-refractivity contribution in [1.82, 2.24) is 10.2 Å². The van der Waals surface area contributed by atoms with Crippen LogP contribution in [0.3, 0.4) is 0 Å². The van der Waals surface area contributed by atoms with Gasteiger partial charge in [-0.3, -0.25) is 15.0 Å². The van der Waals surface area contributed by atoms with Gasteiger partial charge >= 0.3 is 0 Å². The van der Waals surface area contributed by atoms with Gasteiger partial charge in [-0.2, -0.15) is 0 Å². The van der Waals surface area contributed by atoms with Crippen LogP contribution in [0.2, 0.25) is 0 Å². The Labute approximate surface area is 157 Å². The van der Waals surface area contributed by atoms with Gasteiger partial charge in [0, 0.05) is 38.0 Å². The van der Waals surface area contributed by atoms with Crippen molar-refractivity contribution in [3.63, 3.8) is 0 Å². The highest BCUT2D eigenvalue weighted by Gasteiger charge is 2.49. The predicted molar refractivity (Wildman–Crippen MR) is 100 cm³/mol. The molecule has 0 atom stereocenters. The fourth-order valence-electron chi connectivity index (χ4n) is 3.57. The molecular formula is C21H22FN3O2. The van der Waals surface area contributed by atoms with Gasteiger partial charge < -0.3 is 4.74 Å². The van der Waals surface area contributed by atoms with E-state index in [2.05, 4.69) is 27.3 Å². The van der Waals surface area contributed by atoms with Gasteiger partial charge in [0.2, 0.25) is 0 Å². The van der Waals surface area contributed by atoms with Crippen molar-refractivity contribution in [3.05, 3.63) is 71.5 Å². The number of carbonyl (C=O) groups is 1. The molecular weight excluding hydrogens is 345 g/mol. The summed E-state index contributed by atoms with van der Waals surface area (Å²) in [4.78, 5) is 19.1. The number of benzene rings is 2. The fourth-order valence-corrected chi connectivity index (χ4v) is 3.57. The number of likely N-dealkylation sites (tertiary alicyclic amines) is 1. The SMILES string of the molecule is O=C1NC(=NCc2ccccc2F)OC12CCN(Cc1ccccc1)CC2. The molecule has 0 unspecified atom stereocenters. The highest BCUT2D eigenvalue weighted by atomic mass is 19.1. The van der Waals surface area contributed by atoms with Crippen molar-refractivity contribution in [1.29, 1.82) is 0 Å². The number of hydrogen-bond donors (Lipinski definition) is 1. The molecule has 5 nitrogen and oxygen atoms in total. The standard InChI is InChI=1S/C21H22FN3O2/c22-18-9-5-4-8-17(18)14-23-20-24-19(26)21(27-20)10-12-25(13-11-21)15-16-6-2-1-3-7-16/h1-9H,10-15H2,(H,23,24,26). The highest BCUT2D eigenvalue weighted by molar-refractivity contribution is 6.04. The van der Waals surface area contributed by atoms with E-state index in [0.29, 0.717) is 18.4 Å². The van der Waals surface area contributed by atoms with Gasteiger partial charge in [0.05, 0.1) is 6.54 Å². The maximum atomic E-state index is 13.7. The topological polar surface area (TPSA) is 53.9 Å². The zero-order chi connectivity index (χ0) is 18.7. The monoisotopic (exact) mass is 367 g/mol. The first kappa shape index (κ1) is 17.7. The van der Waals surface area contributed by atoms with E-state index in [1.165, 1.54) is 11.6 Å². The molecule has 2 fully saturated rings. The molecule has 0 aromatic heterocycles. The van der Waals surface area contributed by atoms with Gasteiger partial charge in [-0.05, 0) is 11.6 Å². The average molecular weight is 367 g/mol. The lowest BCUT2D eigenvalue weighted by Gasteiger charge is -2.36. The molecule has 140 valence electrons. The molecule has 2 aliphatic rings. The Bertz CT molecular complexity index is 846. The summed E-state index contributed by atoms with van der Waals surface area (Å²) < 4.78 is 19.6. The molecule has 6 heteroatoms. The van der Waals surface area contributed by atoms with Crippen LogP contribution in [-0.2, 0) is 22.6 Å². The Morgan fingerprint density at radius 1 is 1.07 bits per heavy atom. The summed E-state index contributed by atoms with van der Waals surface area (Å²) in [7, 11) is 0. The van der Waals surface area contributed by atoms with Gasteiger partial charge in [-0.25, -0.2) is 9.38 Å². The van der Waals surface area contributed by atoms with Crippen molar-refractivity contribution in [3.8, 4) is 0 Å². The molecule has 2 aromatic rings. The van der Waals surface area contributed by atoms with Crippen molar-refractivity contribution in [2.24, 2.45) is 4.99 Å². The quantitative estimate of drug-likeness (QED) is 0.904. The summed E-state index contributed by atoms with van der Waals surface area (Å²) >= 11 is 0. The maximum absolute atomic E-state index is 13.7. The number of nitrogens with one attached hydrogen (secondary N) is 1. The van der Waals surface area contributed by atoms with Crippen LogP contribution in [-0.4, -0.2) is 35.5 Å². The molecule has 0 aliphatic carbocycles. The third-order valence-electron chi connectivity index (χ3n) is 5.19. The number of piperidine rings is 1. The Balaban J connectivity index is 1.37. The first-order valence-corrected chi connectivity index (χ1v) is 9.19. The number of nitrogens with zero attached hydrogens (tertiary/aromatic N) is 2. The molecule has 0 radical (unpaired) electrons. The number of amidine groups is 1. The number of aliphatic imine (C=N–C) groups is 1. The molecule has 0 bridgehead atoms. The number of amides is 1. The van der Waals surface area contributed by atoms with Crippen LogP contribution in [0.15, 0.2) is 59.6 Å². The van der Waals surface area contributed by atoms with E-state index in [1.807, 2.05) is 18.2 Å². The van der Waals surface area contributed by atoms with Crippen LogP contribution in [0, 0.1) is 5.82 Å². The Morgan fingerprint density at radius 2 is 1.78 bits per heavy atom. The number of ether oxygens (including phenoxy) is 1. The molecule has 1 spiro atoms. The molecule has 1 N–H and O–H groups in total. The minimum Gasteiger partial charge on any atom is -0.448 e. The van der Waals surface area contributed by atoms with E-state index < -0.39 is 5.60 Å². The van der Waals surface area contributed by atoms with Crippen molar-refractivity contribution in [2.45, 2.75) is 31.5 Å². The molecule has 2 heterocycles. The Morgan fingerprint density at radius 3 is 2.52 bits per heavy atom. The van der Waals surface area contributed by atoms with Gasteiger partial charge in [0.15, 0.2) is 5.60 Å². The summed E-state index contributed by atoms with van der Waals surface area (Å²) in [6.07, 6.45) is 1.23. The third kappa shape index (κ3) is 3.85. The minimum atomic E-state index is -0.846. The van der Waals surface area contributed by atoms with E-state index in [-0.39, 0.29) is 24.3 Å². The van der Waals surface area contributed by atoms with Crippen molar-refractivity contribution < 1.29 is 13.9 Å². The molecule has 4 rings (SSSR count). The first-order chi connectivity index (χ1) is 13.1. The van der Waals surface area contributed by atoms with E-state index in [4.69, 9.17) is 4.74 Å². The smallest absolute Gasteiger partial charge is 0.292 e. The van der Waals surface area contributed by atoms with Gasteiger partial charge in [0.25, 0.3) is 11.9 Å². The second kappa shape index (κ2) is 7.48. The maximum Gasteiger partial charge on any atom is 0.292 e. The van der Waals surface area contributed by atoms with Gasteiger partial charge in [0.1, 0.15) is 5.82 Å². The summed E-state index contributed by atoms with van der Waals surface area (Å²) in [5.41, 5.74) is 0.889. The zero-order valence-electron chi connectivity index (χ0n) is 15.0. The fraction of sp³-hybridized carbons (Fsp3) is 0.333. The second-order valence-corrected chi connectivity index (χ2v) is 7.03. The van der Waals surface area contributed by atoms with Crippen LogP contribution in [0.4, 0.5) is 4.39 Å². The zero-order valence-corrected chi connectivity index (χ0v) is 15.0. The summed E-state index contributed by atoms with van der Waals surface area (Å²) in [5.74, 6) is -0.454. The largest absolute Gasteiger partial charge is 0.448 e. The highest BCUT2D eigenvalue weighted by Crippen LogP contribution is 2.31. The third-order valence-corrected chi connectivity index (χ3v) is 5.19. The van der Waals surface area contributed by atoms with E-state index in [1.54, 1.807) is 18.2 Å². The van der Waals surface area contributed by atoms with E-state index in [0.717, 1.165) is 19.6 Å². The van der Waals surface area contributed by atoms with Crippen LogP contribution >= 0.6 is 0 Å². The lowest BCUT2D eigenvalue weighted by Crippen LogP contribution is -2.49. The van der Waals surface area contributed by atoms with Crippen LogP contribution in [0.25, 0.3) is 0 Å². The summed E-state index contributed by atoms with van der Waals surface area (Å²) in [6, 6.07) is 17.0. The Hall–Kier alpha value is -2.73. The van der Waals surface area contributed by atoms with Crippen LogP contribution < -0.4 is 5.32 Å². The normalized spacial score (nSPS) is 20.6. The second-order valence-electron chi connectivity index (χ2n) is 7.03. The number of halogens is 1. The first-order valence-electron chi connectivity index (χ1n) is 9.19. The molecule has 0 saturated carbocycles. The number of rotatable bonds is 4. The van der Waals surface area contributed by atoms with E-state index in [9.17, 15) is 9.18 Å². The molecule has 2 saturated heterocycles.